The molecule has 17 heavy (non-hydrogen) atoms. The molecule has 0 bridgehead atoms. The number of nitrogens with one attached hydrogen (secondary N) is 1. The Morgan fingerprint density at radius 2 is 1.88 bits per heavy atom. The van der Waals surface area contributed by atoms with Gasteiger partial charge < -0.3 is 0 Å². The Kier molecular flexibility index (Phi) is 4.30. The Morgan fingerprint density at radius 3 is 2.29 bits per heavy atom. The minimum absolute atomic E-state index is 0.0554. The molecule has 3 nitrogen and oxygen atoms in total. The van der Waals surface area contributed by atoms with Crippen molar-refractivity contribution in [1.82, 2.24) is 4.72 Å². The molecule has 0 aromatic heterocycles. The van der Waals surface area contributed by atoms with E-state index in [1.54, 1.807) is 13.8 Å². The normalized spacial score (nSPS) is 11.5. The predicted molar refractivity (Wildman–Crippen MR) is 66.1 cm³/mol. The zero-order valence-corrected chi connectivity index (χ0v) is 11.1. The van der Waals surface area contributed by atoms with E-state index in [1.807, 2.05) is 0 Å². The highest BCUT2D eigenvalue weighted by atomic mass is 35.5. The fourth-order valence-electron chi connectivity index (χ4n) is 1.57. The molecule has 0 saturated carbocycles. The van der Waals surface area contributed by atoms with E-state index in [9.17, 15) is 12.8 Å². The molecule has 0 fully saturated rings. The minimum Gasteiger partial charge on any atom is -0.207 e. The molecule has 1 aromatic rings. The summed E-state index contributed by atoms with van der Waals surface area (Å²) in [6.07, 6.45) is 0. The van der Waals surface area contributed by atoms with Gasteiger partial charge in [-0.2, -0.15) is 0 Å². The van der Waals surface area contributed by atoms with Crippen molar-refractivity contribution in [1.29, 1.82) is 0 Å². The van der Waals surface area contributed by atoms with E-state index in [0.717, 1.165) is 0 Å². The Balaban J connectivity index is 3.20. The van der Waals surface area contributed by atoms with Crippen molar-refractivity contribution in [2.45, 2.75) is 18.7 Å². The third-order valence-corrected chi connectivity index (χ3v) is 3.99. The van der Waals surface area contributed by atoms with Crippen LogP contribution in [-0.2, 0) is 10.0 Å². The van der Waals surface area contributed by atoms with Gasteiger partial charge in [0.15, 0.2) is 0 Å². The van der Waals surface area contributed by atoms with E-state index >= 15 is 0 Å². The standard InChI is InChI=1S/C11H13ClFNO2S/c1-7-4-10(13)5-8(2)11(7)17(15,16)14-6-9(3)12/h4-5,14H,3,6H2,1-2H3. The maximum atomic E-state index is 13.1. The molecule has 0 aliphatic heterocycles. The monoisotopic (exact) mass is 277 g/mol. The molecule has 0 amide bonds. The second-order valence-corrected chi connectivity index (χ2v) is 5.95. The largest absolute Gasteiger partial charge is 0.241 e. The van der Waals surface area contributed by atoms with Gasteiger partial charge >= 0.3 is 0 Å². The molecule has 0 aliphatic rings. The molecule has 1 aromatic carbocycles. The number of benzene rings is 1. The molecule has 6 heteroatoms. The summed E-state index contributed by atoms with van der Waals surface area (Å²) in [6, 6.07) is 2.36. The first-order chi connectivity index (χ1) is 7.74. The molecule has 0 aliphatic carbocycles. The Hall–Kier alpha value is -0.910. The summed E-state index contributed by atoms with van der Waals surface area (Å²) in [7, 11) is -3.70. The highest BCUT2D eigenvalue weighted by Gasteiger charge is 2.19. The highest BCUT2D eigenvalue weighted by molar-refractivity contribution is 7.89. The third-order valence-electron chi connectivity index (χ3n) is 2.15. The van der Waals surface area contributed by atoms with Crippen molar-refractivity contribution in [3.8, 4) is 0 Å². The Bertz CT molecular complexity index is 532. The molecule has 0 radical (unpaired) electrons. The van der Waals surface area contributed by atoms with Crippen molar-refractivity contribution >= 4 is 21.6 Å². The lowest BCUT2D eigenvalue weighted by atomic mass is 10.1. The van der Waals surface area contributed by atoms with Gasteiger partial charge in [-0.25, -0.2) is 17.5 Å². The van der Waals surface area contributed by atoms with Crippen molar-refractivity contribution < 1.29 is 12.8 Å². The van der Waals surface area contributed by atoms with E-state index in [2.05, 4.69) is 11.3 Å². The van der Waals surface area contributed by atoms with Gasteiger partial charge in [-0.05, 0) is 37.1 Å². The number of halogens is 2. The summed E-state index contributed by atoms with van der Waals surface area (Å²) in [5.74, 6) is -0.458. The lowest BCUT2D eigenvalue weighted by Crippen LogP contribution is -2.26. The molecule has 1 rings (SSSR count). The first-order valence-electron chi connectivity index (χ1n) is 4.83. The van der Waals surface area contributed by atoms with E-state index in [-0.39, 0.29) is 16.5 Å². The maximum absolute atomic E-state index is 13.1. The average molecular weight is 278 g/mol. The third kappa shape index (κ3) is 3.52. The Morgan fingerprint density at radius 1 is 1.41 bits per heavy atom. The molecular weight excluding hydrogens is 265 g/mol. The first-order valence-corrected chi connectivity index (χ1v) is 6.70. The number of rotatable bonds is 4. The van der Waals surface area contributed by atoms with E-state index in [0.29, 0.717) is 11.1 Å². The van der Waals surface area contributed by atoms with Crippen LogP contribution in [0.4, 0.5) is 4.39 Å². The lowest BCUT2D eigenvalue weighted by Gasteiger charge is -2.11. The van der Waals surface area contributed by atoms with Gasteiger partial charge in [-0.15, -0.1) is 0 Å². The quantitative estimate of drug-likeness (QED) is 0.919. The van der Waals surface area contributed by atoms with Crippen LogP contribution in [0.2, 0.25) is 0 Å². The van der Waals surface area contributed by atoms with Crippen molar-refractivity contribution in [3.05, 3.63) is 40.7 Å². The zero-order chi connectivity index (χ0) is 13.2. The molecule has 0 atom stereocenters. The van der Waals surface area contributed by atoms with Crippen LogP contribution < -0.4 is 4.72 Å². The fraction of sp³-hybridized carbons (Fsp3) is 0.273. The molecule has 94 valence electrons. The summed E-state index contributed by atoms with van der Waals surface area (Å²) < 4.78 is 39.3. The van der Waals surface area contributed by atoms with Crippen LogP contribution in [0.1, 0.15) is 11.1 Å². The van der Waals surface area contributed by atoms with Crippen molar-refractivity contribution in [3.63, 3.8) is 0 Å². The summed E-state index contributed by atoms with van der Waals surface area (Å²) in [5.41, 5.74) is 0.713. The van der Waals surface area contributed by atoms with Gasteiger partial charge in [0.1, 0.15) is 5.82 Å². The van der Waals surface area contributed by atoms with Gasteiger partial charge in [-0.3, -0.25) is 0 Å². The zero-order valence-electron chi connectivity index (χ0n) is 9.55. The van der Waals surface area contributed by atoms with Crippen LogP contribution in [0, 0.1) is 19.7 Å². The number of sulfonamides is 1. The molecule has 0 heterocycles. The number of hydrogen-bond acceptors (Lipinski definition) is 2. The topological polar surface area (TPSA) is 46.2 Å². The van der Waals surface area contributed by atoms with Crippen LogP contribution in [0.3, 0.4) is 0 Å². The van der Waals surface area contributed by atoms with Crippen LogP contribution >= 0.6 is 11.6 Å². The molecular formula is C11H13ClFNO2S. The van der Waals surface area contributed by atoms with Gasteiger partial charge in [0, 0.05) is 11.6 Å². The van der Waals surface area contributed by atoms with E-state index in [4.69, 9.17) is 11.6 Å². The maximum Gasteiger partial charge on any atom is 0.241 e. The van der Waals surface area contributed by atoms with Crippen LogP contribution in [0.25, 0.3) is 0 Å². The minimum atomic E-state index is -3.70. The van der Waals surface area contributed by atoms with Crippen LogP contribution in [-0.4, -0.2) is 15.0 Å². The lowest BCUT2D eigenvalue weighted by molar-refractivity contribution is 0.582. The van der Waals surface area contributed by atoms with Gasteiger partial charge in [0.2, 0.25) is 10.0 Å². The molecule has 0 unspecified atom stereocenters. The van der Waals surface area contributed by atoms with Crippen molar-refractivity contribution in [2.24, 2.45) is 0 Å². The summed E-state index contributed by atoms with van der Waals surface area (Å²) >= 11 is 5.49. The first kappa shape index (κ1) is 14.2. The average Bonchev–Trinajstić information content (AvgIpc) is 2.12. The summed E-state index contributed by atoms with van der Waals surface area (Å²) in [6.45, 7) is 6.42. The highest BCUT2D eigenvalue weighted by Crippen LogP contribution is 2.21. The van der Waals surface area contributed by atoms with E-state index in [1.165, 1.54) is 12.1 Å². The number of hydrogen-bond donors (Lipinski definition) is 1. The summed E-state index contributed by atoms with van der Waals surface area (Å²) in [5, 5.41) is 0.186. The van der Waals surface area contributed by atoms with Gasteiger partial charge in [0.05, 0.1) is 4.90 Å². The van der Waals surface area contributed by atoms with Gasteiger partial charge in [-0.1, -0.05) is 18.2 Å². The fourth-order valence-corrected chi connectivity index (χ4v) is 3.19. The molecule has 1 N–H and O–H groups in total. The Labute approximate surface area is 105 Å². The number of aryl methyl sites for hydroxylation is 2. The molecule has 0 saturated heterocycles. The van der Waals surface area contributed by atoms with Crippen LogP contribution in [0.15, 0.2) is 28.6 Å². The van der Waals surface area contributed by atoms with Gasteiger partial charge in [0.25, 0.3) is 0 Å². The van der Waals surface area contributed by atoms with Crippen LogP contribution in [0.5, 0.6) is 0 Å². The summed E-state index contributed by atoms with van der Waals surface area (Å²) in [4.78, 5) is 0.0804. The second kappa shape index (κ2) is 5.16. The second-order valence-electron chi connectivity index (χ2n) is 3.71. The predicted octanol–water partition coefficient (Wildman–Crippen LogP) is 2.47. The van der Waals surface area contributed by atoms with E-state index < -0.39 is 15.8 Å². The molecule has 0 spiro atoms. The van der Waals surface area contributed by atoms with Crippen molar-refractivity contribution in [2.75, 3.05) is 6.54 Å². The SMILES string of the molecule is C=C(Cl)CNS(=O)(=O)c1c(C)cc(F)cc1C. The smallest absolute Gasteiger partial charge is 0.207 e.